The first-order valence-electron chi connectivity index (χ1n) is 8.57. The van der Waals surface area contributed by atoms with Gasteiger partial charge in [0.15, 0.2) is 0 Å². The van der Waals surface area contributed by atoms with Crippen molar-refractivity contribution in [2.45, 2.75) is 25.3 Å². The standard InChI is InChI=1S/C19H19Cl2N3O3/c1-27-18-13(5-4-9-22-18)19(26)24-10-3-2-6-16(24)17(25)23-15-8-7-12(20)11-14(15)21/h4-5,7-9,11,16H,2-3,6,10H2,1H3,(H,23,25). The number of carbonyl (C=O) groups excluding carboxylic acids is 2. The molecule has 2 heterocycles. The van der Waals surface area contributed by atoms with Gasteiger partial charge in [0.05, 0.1) is 17.8 Å². The molecule has 0 bridgehead atoms. The fraction of sp³-hybridized carbons (Fsp3) is 0.316. The maximum atomic E-state index is 13.0. The number of benzene rings is 1. The van der Waals surface area contributed by atoms with E-state index in [-0.39, 0.29) is 17.7 Å². The van der Waals surface area contributed by atoms with E-state index in [1.807, 2.05) is 0 Å². The Morgan fingerprint density at radius 3 is 2.81 bits per heavy atom. The topological polar surface area (TPSA) is 71.5 Å². The van der Waals surface area contributed by atoms with Gasteiger partial charge in [0.1, 0.15) is 11.6 Å². The minimum atomic E-state index is -0.595. The summed E-state index contributed by atoms with van der Waals surface area (Å²) in [6.45, 7) is 0.489. The predicted molar refractivity (Wildman–Crippen MR) is 105 cm³/mol. The van der Waals surface area contributed by atoms with Crippen molar-refractivity contribution in [3.8, 4) is 5.88 Å². The molecule has 0 radical (unpaired) electrons. The number of ether oxygens (including phenoxy) is 1. The van der Waals surface area contributed by atoms with Gasteiger partial charge in [0.2, 0.25) is 11.8 Å². The van der Waals surface area contributed by atoms with Crippen LogP contribution in [0.4, 0.5) is 5.69 Å². The van der Waals surface area contributed by atoms with Crippen LogP contribution in [0.2, 0.25) is 10.0 Å². The number of hydrogen-bond acceptors (Lipinski definition) is 4. The fourth-order valence-electron chi connectivity index (χ4n) is 3.13. The monoisotopic (exact) mass is 407 g/mol. The minimum absolute atomic E-state index is 0.243. The number of amides is 2. The molecule has 27 heavy (non-hydrogen) atoms. The highest BCUT2D eigenvalue weighted by molar-refractivity contribution is 6.36. The van der Waals surface area contributed by atoms with Crippen molar-refractivity contribution in [2.75, 3.05) is 19.0 Å². The van der Waals surface area contributed by atoms with Gasteiger partial charge in [0, 0.05) is 17.8 Å². The molecule has 1 N–H and O–H groups in total. The Bertz CT molecular complexity index is 860. The highest BCUT2D eigenvalue weighted by Gasteiger charge is 2.34. The average Bonchev–Trinajstić information content (AvgIpc) is 2.69. The molecular weight excluding hydrogens is 389 g/mol. The van der Waals surface area contributed by atoms with Crippen LogP contribution in [0.3, 0.4) is 0 Å². The number of halogens is 2. The molecule has 1 aliphatic heterocycles. The maximum absolute atomic E-state index is 13.0. The zero-order chi connectivity index (χ0) is 19.4. The number of nitrogens with zero attached hydrogens (tertiary/aromatic N) is 2. The first-order valence-corrected chi connectivity index (χ1v) is 9.32. The van der Waals surface area contributed by atoms with E-state index in [1.54, 1.807) is 41.4 Å². The maximum Gasteiger partial charge on any atom is 0.260 e. The summed E-state index contributed by atoms with van der Waals surface area (Å²) in [5.74, 6) is -0.315. The third-order valence-corrected chi connectivity index (χ3v) is 5.00. The number of piperidine rings is 1. The molecule has 1 aliphatic rings. The van der Waals surface area contributed by atoms with Crippen LogP contribution in [0.1, 0.15) is 29.6 Å². The molecule has 0 saturated carbocycles. The highest BCUT2D eigenvalue weighted by atomic mass is 35.5. The van der Waals surface area contributed by atoms with Crippen molar-refractivity contribution in [1.29, 1.82) is 0 Å². The van der Waals surface area contributed by atoms with E-state index in [0.29, 0.717) is 34.3 Å². The van der Waals surface area contributed by atoms with Gasteiger partial charge in [-0.1, -0.05) is 23.2 Å². The molecule has 0 spiro atoms. The van der Waals surface area contributed by atoms with E-state index in [4.69, 9.17) is 27.9 Å². The Kier molecular flexibility index (Phi) is 6.19. The molecule has 6 nitrogen and oxygen atoms in total. The Labute approximate surface area is 167 Å². The summed E-state index contributed by atoms with van der Waals surface area (Å²) in [6.07, 6.45) is 3.82. The van der Waals surface area contributed by atoms with E-state index in [9.17, 15) is 9.59 Å². The lowest BCUT2D eigenvalue weighted by Gasteiger charge is -2.35. The molecule has 1 atom stereocenters. The van der Waals surface area contributed by atoms with Gasteiger partial charge in [-0.3, -0.25) is 9.59 Å². The van der Waals surface area contributed by atoms with Crippen molar-refractivity contribution >= 4 is 40.7 Å². The van der Waals surface area contributed by atoms with Crippen LogP contribution in [-0.4, -0.2) is 41.4 Å². The Hall–Kier alpha value is -2.31. The average molecular weight is 408 g/mol. The van der Waals surface area contributed by atoms with E-state index in [0.717, 1.165) is 12.8 Å². The van der Waals surface area contributed by atoms with Crippen molar-refractivity contribution in [3.05, 3.63) is 52.1 Å². The number of pyridine rings is 1. The van der Waals surface area contributed by atoms with Gasteiger partial charge in [0.25, 0.3) is 5.91 Å². The molecule has 8 heteroatoms. The van der Waals surface area contributed by atoms with Crippen LogP contribution >= 0.6 is 23.2 Å². The number of methoxy groups -OCH3 is 1. The normalized spacial score (nSPS) is 16.7. The minimum Gasteiger partial charge on any atom is -0.480 e. The molecule has 2 aromatic rings. The molecule has 1 saturated heterocycles. The first kappa shape index (κ1) is 19.5. The van der Waals surface area contributed by atoms with Crippen LogP contribution in [0.15, 0.2) is 36.5 Å². The zero-order valence-corrected chi connectivity index (χ0v) is 16.3. The Morgan fingerprint density at radius 2 is 2.07 bits per heavy atom. The van der Waals surface area contributed by atoms with Gasteiger partial charge in [-0.15, -0.1) is 0 Å². The summed E-state index contributed by atoms with van der Waals surface area (Å²) >= 11 is 12.0. The molecule has 1 aromatic heterocycles. The number of likely N-dealkylation sites (tertiary alicyclic amines) is 1. The smallest absolute Gasteiger partial charge is 0.260 e. The number of nitrogens with one attached hydrogen (secondary N) is 1. The van der Waals surface area contributed by atoms with E-state index in [2.05, 4.69) is 10.3 Å². The molecule has 1 aromatic carbocycles. The zero-order valence-electron chi connectivity index (χ0n) is 14.7. The molecule has 142 valence electrons. The lowest BCUT2D eigenvalue weighted by atomic mass is 10.00. The van der Waals surface area contributed by atoms with Crippen LogP contribution in [-0.2, 0) is 4.79 Å². The van der Waals surface area contributed by atoms with Crippen molar-refractivity contribution < 1.29 is 14.3 Å². The SMILES string of the molecule is COc1ncccc1C(=O)N1CCCCC1C(=O)Nc1ccc(Cl)cc1Cl. The molecule has 0 aliphatic carbocycles. The summed E-state index contributed by atoms with van der Waals surface area (Å²) in [5, 5.41) is 3.63. The lowest BCUT2D eigenvalue weighted by molar-refractivity contribution is -0.121. The van der Waals surface area contributed by atoms with Crippen LogP contribution in [0.5, 0.6) is 5.88 Å². The predicted octanol–water partition coefficient (Wildman–Crippen LogP) is 4.03. The molecule has 3 rings (SSSR count). The van der Waals surface area contributed by atoms with Crippen molar-refractivity contribution in [2.24, 2.45) is 0 Å². The van der Waals surface area contributed by atoms with E-state index < -0.39 is 6.04 Å². The third kappa shape index (κ3) is 4.34. The Balaban J connectivity index is 1.82. The summed E-state index contributed by atoms with van der Waals surface area (Å²) in [6, 6.07) is 7.57. The molecule has 2 amide bonds. The second-order valence-electron chi connectivity index (χ2n) is 6.18. The van der Waals surface area contributed by atoms with Crippen LogP contribution < -0.4 is 10.1 Å². The number of rotatable bonds is 4. The van der Waals surface area contributed by atoms with Gasteiger partial charge in [-0.25, -0.2) is 4.98 Å². The van der Waals surface area contributed by atoms with Crippen molar-refractivity contribution in [1.82, 2.24) is 9.88 Å². The van der Waals surface area contributed by atoms with E-state index >= 15 is 0 Å². The third-order valence-electron chi connectivity index (χ3n) is 4.45. The molecule has 1 fully saturated rings. The number of anilines is 1. The van der Waals surface area contributed by atoms with Gasteiger partial charge >= 0.3 is 0 Å². The largest absolute Gasteiger partial charge is 0.480 e. The van der Waals surface area contributed by atoms with Gasteiger partial charge < -0.3 is 15.0 Å². The summed E-state index contributed by atoms with van der Waals surface area (Å²) < 4.78 is 5.19. The summed E-state index contributed by atoms with van der Waals surface area (Å²) in [7, 11) is 1.46. The molecule has 1 unspecified atom stereocenters. The number of hydrogen-bond donors (Lipinski definition) is 1. The summed E-state index contributed by atoms with van der Waals surface area (Å²) in [4.78, 5) is 31.5. The second-order valence-corrected chi connectivity index (χ2v) is 7.03. The Morgan fingerprint density at radius 1 is 1.26 bits per heavy atom. The van der Waals surface area contributed by atoms with E-state index in [1.165, 1.54) is 7.11 Å². The van der Waals surface area contributed by atoms with Crippen LogP contribution in [0.25, 0.3) is 0 Å². The molecular formula is C19H19Cl2N3O3. The highest BCUT2D eigenvalue weighted by Crippen LogP contribution is 2.28. The van der Waals surface area contributed by atoms with Crippen molar-refractivity contribution in [3.63, 3.8) is 0 Å². The van der Waals surface area contributed by atoms with Gasteiger partial charge in [-0.2, -0.15) is 0 Å². The van der Waals surface area contributed by atoms with Crippen LogP contribution in [0, 0.1) is 0 Å². The quantitative estimate of drug-likeness (QED) is 0.829. The fourth-order valence-corrected chi connectivity index (χ4v) is 3.58. The lowest BCUT2D eigenvalue weighted by Crippen LogP contribution is -2.50. The number of carbonyl (C=O) groups is 2. The first-order chi connectivity index (χ1) is 13.0. The summed E-state index contributed by atoms with van der Waals surface area (Å²) in [5.41, 5.74) is 0.798. The second kappa shape index (κ2) is 8.59. The number of aromatic nitrogens is 1. The van der Waals surface area contributed by atoms with Gasteiger partial charge in [-0.05, 0) is 49.6 Å².